The first-order chi connectivity index (χ1) is 16.9. The van der Waals surface area contributed by atoms with E-state index in [0.29, 0.717) is 32.7 Å². The molecule has 35 heavy (non-hydrogen) atoms. The van der Waals surface area contributed by atoms with E-state index in [2.05, 4.69) is 28.7 Å². The van der Waals surface area contributed by atoms with Gasteiger partial charge in [-0.15, -0.1) is 0 Å². The first kappa shape index (κ1) is 23.3. The quantitative estimate of drug-likeness (QED) is 0.622. The molecule has 9 heteroatoms. The number of hydrogen-bond donors (Lipinski definition) is 1. The van der Waals surface area contributed by atoms with Crippen LogP contribution in [0.2, 0.25) is 0 Å². The summed E-state index contributed by atoms with van der Waals surface area (Å²) >= 11 is 0. The van der Waals surface area contributed by atoms with Crippen LogP contribution in [0.25, 0.3) is 22.3 Å². The van der Waals surface area contributed by atoms with Gasteiger partial charge in [0.15, 0.2) is 0 Å². The SMILES string of the molecule is CC(=O)N1[C@H](C)CN(c2cccc(-c3c[nH]c4ncc(CC(=O)N5CCOCC5)cc34)n2)C[C@@H]1C. The molecule has 3 aromatic heterocycles. The maximum absolute atomic E-state index is 12.7. The third kappa shape index (κ3) is 4.73. The lowest BCUT2D eigenvalue weighted by Crippen LogP contribution is -2.58. The highest BCUT2D eigenvalue weighted by Crippen LogP contribution is 2.30. The van der Waals surface area contributed by atoms with Gasteiger partial charge in [0.05, 0.1) is 25.3 Å². The van der Waals surface area contributed by atoms with Gasteiger partial charge < -0.3 is 24.4 Å². The molecule has 2 saturated heterocycles. The molecule has 0 aliphatic carbocycles. The number of rotatable bonds is 4. The highest BCUT2D eigenvalue weighted by molar-refractivity contribution is 5.93. The summed E-state index contributed by atoms with van der Waals surface area (Å²) in [6.45, 7) is 9.74. The summed E-state index contributed by atoms with van der Waals surface area (Å²) in [4.78, 5) is 43.6. The van der Waals surface area contributed by atoms with Crippen molar-refractivity contribution in [1.82, 2.24) is 24.8 Å². The van der Waals surface area contributed by atoms with Crippen LogP contribution in [0, 0.1) is 0 Å². The van der Waals surface area contributed by atoms with Crippen molar-refractivity contribution < 1.29 is 14.3 Å². The average Bonchev–Trinajstić information content (AvgIpc) is 3.27. The molecule has 2 aliphatic heterocycles. The number of pyridine rings is 2. The summed E-state index contributed by atoms with van der Waals surface area (Å²) < 4.78 is 5.35. The highest BCUT2D eigenvalue weighted by atomic mass is 16.5. The van der Waals surface area contributed by atoms with Gasteiger partial charge in [0.25, 0.3) is 0 Å². The molecule has 0 aromatic carbocycles. The Hall–Kier alpha value is -3.46. The van der Waals surface area contributed by atoms with Gasteiger partial charge >= 0.3 is 0 Å². The first-order valence-corrected chi connectivity index (χ1v) is 12.2. The fraction of sp³-hybridized carbons (Fsp3) is 0.462. The van der Waals surface area contributed by atoms with Crippen LogP contribution >= 0.6 is 0 Å². The molecule has 184 valence electrons. The van der Waals surface area contributed by atoms with E-state index in [1.807, 2.05) is 40.3 Å². The Morgan fingerprint density at radius 1 is 1.14 bits per heavy atom. The molecular weight excluding hydrogens is 444 g/mol. The predicted octanol–water partition coefficient (Wildman–Crippen LogP) is 2.47. The molecule has 0 saturated carbocycles. The second kappa shape index (κ2) is 9.65. The number of carbonyl (C=O) groups is 2. The average molecular weight is 477 g/mol. The predicted molar refractivity (Wildman–Crippen MR) is 134 cm³/mol. The van der Waals surface area contributed by atoms with Crippen molar-refractivity contribution in [2.45, 2.75) is 39.3 Å². The zero-order chi connectivity index (χ0) is 24.5. The molecule has 2 aliphatic rings. The number of carbonyl (C=O) groups excluding carboxylic acids is 2. The Morgan fingerprint density at radius 3 is 2.60 bits per heavy atom. The number of nitrogens with zero attached hydrogens (tertiary/aromatic N) is 5. The largest absolute Gasteiger partial charge is 0.378 e. The van der Waals surface area contributed by atoms with Crippen LogP contribution in [-0.4, -0.2) is 88.0 Å². The number of amides is 2. The number of piperazine rings is 1. The maximum Gasteiger partial charge on any atom is 0.227 e. The minimum atomic E-state index is 0.0969. The molecule has 0 unspecified atom stereocenters. The Labute approximate surface area is 205 Å². The van der Waals surface area contributed by atoms with Crippen LogP contribution in [-0.2, 0) is 20.7 Å². The van der Waals surface area contributed by atoms with Crippen molar-refractivity contribution in [3.8, 4) is 11.3 Å². The van der Waals surface area contributed by atoms with Crippen molar-refractivity contribution in [3.05, 3.63) is 42.2 Å². The Balaban J connectivity index is 1.39. The zero-order valence-corrected chi connectivity index (χ0v) is 20.5. The second-order valence-electron chi connectivity index (χ2n) is 9.52. The first-order valence-electron chi connectivity index (χ1n) is 12.2. The van der Waals surface area contributed by atoms with Gasteiger partial charge in [0.1, 0.15) is 11.5 Å². The molecule has 0 bridgehead atoms. The van der Waals surface area contributed by atoms with Gasteiger partial charge in [0, 0.05) is 68.5 Å². The number of anilines is 1. The normalized spacial score (nSPS) is 20.9. The molecule has 1 N–H and O–H groups in total. The smallest absolute Gasteiger partial charge is 0.227 e. The molecular formula is C26H32N6O3. The molecule has 3 aromatic rings. The lowest BCUT2D eigenvalue weighted by molar-refractivity contribution is -0.135. The summed E-state index contributed by atoms with van der Waals surface area (Å²) in [5.41, 5.74) is 3.46. The van der Waals surface area contributed by atoms with Gasteiger partial charge in [-0.1, -0.05) is 6.07 Å². The van der Waals surface area contributed by atoms with Crippen LogP contribution in [0.1, 0.15) is 26.3 Å². The Morgan fingerprint density at radius 2 is 1.89 bits per heavy atom. The maximum atomic E-state index is 12.7. The van der Waals surface area contributed by atoms with Crippen molar-refractivity contribution in [2.24, 2.45) is 0 Å². The number of morpholine rings is 1. The van der Waals surface area contributed by atoms with Crippen molar-refractivity contribution >= 4 is 28.7 Å². The number of fused-ring (bicyclic) bond motifs is 1. The van der Waals surface area contributed by atoms with E-state index in [1.54, 1.807) is 13.1 Å². The van der Waals surface area contributed by atoms with E-state index in [1.165, 1.54) is 0 Å². The van der Waals surface area contributed by atoms with Gasteiger partial charge in [-0.3, -0.25) is 9.59 Å². The standard InChI is InChI=1S/C26H32N6O3/c1-17-15-31(16-18(2)32(17)19(3)33)24-6-4-5-23(29-24)22-14-28-26-21(22)11-20(13-27-26)12-25(34)30-7-9-35-10-8-30/h4-6,11,13-14,17-18H,7-10,12,15-16H2,1-3H3,(H,27,28)/t17-,18+. The van der Waals surface area contributed by atoms with Crippen LogP contribution in [0.5, 0.6) is 0 Å². The molecule has 2 atom stereocenters. The van der Waals surface area contributed by atoms with Gasteiger partial charge in [0.2, 0.25) is 11.8 Å². The van der Waals surface area contributed by atoms with E-state index in [-0.39, 0.29) is 23.9 Å². The molecule has 5 heterocycles. The molecule has 2 amide bonds. The second-order valence-corrected chi connectivity index (χ2v) is 9.52. The Kier molecular flexibility index (Phi) is 6.42. The monoisotopic (exact) mass is 476 g/mol. The number of ether oxygens (including phenoxy) is 1. The van der Waals surface area contributed by atoms with Gasteiger partial charge in [-0.05, 0) is 37.6 Å². The lowest BCUT2D eigenvalue weighted by Gasteiger charge is -2.44. The third-order valence-electron chi connectivity index (χ3n) is 6.92. The number of aromatic amines is 1. The van der Waals surface area contributed by atoms with Crippen molar-refractivity contribution in [1.29, 1.82) is 0 Å². The summed E-state index contributed by atoms with van der Waals surface area (Å²) in [5.74, 6) is 1.10. The van der Waals surface area contributed by atoms with Crippen LogP contribution < -0.4 is 4.90 Å². The summed E-state index contributed by atoms with van der Waals surface area (Å²) in [5, 5.41) is 0.949. The molecule has 9 nitrogen and oxygen atoms in total. The minimum Gasteiger partial charge on any atom is -0.378 e. The zero-order valence-electron chi connectivity index (χ0n) is 20.5. The van der Waals surface area contributed by atoms with Crippen molar-refractivity contribution in [2.75, 3.05) is 44.3 Å². The highest BCUT2D eigenvalue weighted by Gasteiger charge is 2.31. The van der Waals surface area contributed by atoms with E-state index >= 15 is 0 Å². The van der Waals surface area contributed by atoms with Crippen LogP contribution in [0.4, 0.5) is 5.82 Å². The molecule has 0 radical (unpaired) electrons. The third-order valence-corrected chi connectivity index (χ3v) is 6.92. The Bertz CT molecular complexity index is 1220. The summed E-state index contributed by atoms with van der Waals surface area (Å²) in [6, 6.07) is 8.30. The van der Waals surface area contributed by atoms with E-state index in [4.69, 9.17) is 9.72 Å². The van der Waals surface area contributed by atoms with Gasteiger partial charge in [-0.2, -0.15) is 0 Å². The van der Waals surface area contributed by atoms with Crippen LogP contribution in [0.3, 0.4) is 0 Å². The van der Waals surface area contributed by atoms with E-state index in [9.17, 15) is 9.59 Å². The van der Waals surface area contributed by atoms with Gasteiger partial charge in [-0.25, -0.2) is 9.97 Å². The lowest BCUT2D eigenvalue weighted by atomic mass is 10.1. The number of H-pyrrole nitrogens is 1. The number of nitrogens with one attached hydrogen (secondary N) is 1. The number of hydrogen-bond acceptors (Lipinski definition) is 6. The molecule has 0 spiro atoms. The minimum absolute atomic E-state index is 0.0969. The molecule has 5 rings (SSSR count). The summed E-state index contributed by atoms with van der Waals surface area (Å²) in [6.07, 6.45) is 4.01. The molecule has 2 fully saturated rings. The van der Waals surface area contributed by atoms with E-state index in [0.717, 1.165) is 46.8 Å². The van der Waals surface area contributed by atoms with Crippen LogP contribution in [0.15, 0.2) is 36.7 Å². The summed E-state index contributed by atoms with van der Waals surface area (Å²) in [7, 11) is 0. The number of aromatic nitrogens is 3. The fourth-order valence-corrected chi connectivity index (χ4v) is 5.33. The van der Waals surface area contributed by atoms with E-state index < -0.39 is 0 Å². The fourth-order valence-electron chi connectivity index (χ4n) is 5.33. The topological polar surface area (TPSA) is 94.7 Å². The van der Waals surface area contributed by atoms with Crippen molar-refractivity contribution in [3.63, 3.8) is 0 Å².